The molecule has 0 saturated heterocycles. The summed E-state index contributed by atoms with van der Waals surface area (Å²) in [4.78, 5) is 15.9. The van der Waals surface area contributed by atoms with E-state index >= 15 is 0 Å². The van der Waals surface area contributed by atoms with Gasteiger partial charge >= 0.3 is 5.97 Å². The SMILES string of the molecule is Cc1ncsc1C(NCC(C)C)C(=O)O. The first-order chi connectivity index (χ1) is 7.02. The monoisotopic (exact) mass is 228 g/mol. The first kappa shape index (κ1) is 12.1. The fourth-order valence-electron chi connectivity index (χ4n) is 1.23. The molecule has 0 aliphatic rings. The first-order valence-corrected chi connectivity index (χ1v) is 5.76. The van der Waals surface area contributed by atoms with Gasteiger partial charge < -0.3 is 5.11 Å². The molecule has 0 spiro atoms. The molecule has 1 aromatic heterocycles. The molecule has 0 radical (unpaired) electrons. The van der Waals surface area contributed by atoms with E-state index < -0.39 is 12.0 Å². The van der Waals surface area contributed by atoms with Crippen molar-refractivity contribution in [3.63, 3.8) is 0 Å². The lowest BCUT2D eigenvalue weighted by Gasteiger charge is -2.14. The average Bonchev–Trinajstić information content (AvgIpc) is 2.51. The summed E-state index contributed by atoms with van der Waals surface area (Å²) in [6, 6.07) is -0.625. The molecule has 1 aromatic rings. The average molecular weight is 228 g/mol. The Morgan fingerprint density at radius 1 is 1.67 bits per heavy atom. The molecule has 1 heterocycles. The normalized spacial score (nSPS) is 13.1. The number of aryl methyl sites for hydroxylation is 1. The molecular weight excluding hydrogens is 212 g/mol. The number of nitrogens with one attached hydrogen (secondary N) is 1. The maximum absolute atomic E-state index is 11.1. The minimum atomic E-state index is -0.844. The number of aromatic nitrogens is 1. The maximum atomic E-state index is 11.1. The van der Waals surface area contributed by atoms with E-state index in [4.69, 9.17) is 5.11 Å². The Morgan fingerprint density at radius 3 is 2.73 bits per heavy atom. The number of nitrogens with zero attached hydrogens (tertiary/aromatic N) is 1. The number of carboxylic acids is 1. The minimum absolute atomic E-state index is 0.431. The van der Waals surface area contributed by atoms with E-state index in [-0.39, 0.29) is 0 Å². The van der Waals surface area contributed by atoms with Crippen LogP contribution in [0, 0.1) is 12.8 Å². The van der Waals surface area contributed by atoms with Gasteiger partial charge in [-0.05, 0) is 19.4 Å². The van der Waals surface area contributed by atoms with Crippen molar-refractivity contribution in [3.8, 4) is 0 Å². The number of carbonyl (C=O) groups is 1. The lowest BCUT2D eigenvalue weighted by Crippen LogP contribution is -2.31. The molecule has 1 unspecified atom stereocenters. The van der Waals surface area contributed by atoms with Gasteiger partial charge in [0.05, 0.1) is 16.1 Å². The van der Waals surface area contributed by atoms with Crippen LogP contribution in [0.25, 0.3) is 0 Å². The van der Waals surface area contributed by atoms with Crippen molar-refractivity contribution in [2.24, 2.45) is 5.92 Å². The van der Waals surface area contributed by atoms with Crippen LogP contribution in [0.4, 0.5) is 0 Å². The maximum Gasteiger partial charge on any atom is 0.326 e. The Balaban J connectivity index is 2.75. The Bertz CT molecular complexity index is 336. The van der Waals surface area contributed by atoms with Crippen molar-refractivity contribution in [1.82, 2.24) is 10.3 Å². The zero-order valence-corrected chi connectivity index (χ0v) is 9.97. The van der Waals surface area contributed by atoms with Crippen LogP contribution in [0.3, 0.4) is 0 Å². The van der Waals surface area contributed by atoms with Crippen LogP contribution in [0.1, 0.15) is 30.5 Å². The molecule has 0 fully saturated rings. The van der Waals surface area contributed by atoms with E-state index in [1.54, 1.807) is 5.51 Å². The Morgan fingerprint density at radius 2 is 2.33 bits per heavy atom. The van der Waals surface area contributed by atoms with Crippen molar-refractivity contribution < 1.29 is 9.90 Å². The molecule has 5 heteroatoms. The fourth-order valence-corrected chi connectivity index (χ4v) is 2.10. The summed E-state index contributed by atoms with van der Waals surface area (Å²) in [5.41, 5.74) is 2.47. The van der Waals surface area contributed by atoms with E-state index in [9.17, 15) is 4.79 Å². The van der Waals surface area contributed by atoms with Crippen LogP contribution in [-0.4, -0.2) is 22.6 Å². The molecule has 2 N–H and O–H groups in total. The highest BCUT2D eigenvalue weighted by molar-refractivity contribution is 7.10. The molecule has 0 saturated carbocycles. The third-order valence-corrected chi connectivity index (χ3v) is 3.02. The highest BCUT2D eigenvalue weighted by Gasteiger charge is 2.22. The molecule has 0 aliphatic heterocycles. The number of rotatable bonds is 5. The number of thiazole rings is 1. The minimum Gasteiger partial charge on any atom is -0.480 e. The number of hydrogen-bond donors (Lipinski definition) is 2. The van der Waals surface area contributed by atoms with Crippen molar-refractivity contribution in [2.75, 3.05) is 6.54 Å². The van der Waals surface area contributed by atoms with E-state index in [0.717, 1.165) is 10.6 Å². The number of aliphatic carboxylic acids is 1. The summed E-state index contributed by atoms with van der Waals surface area (Å²) >= 11 is 1.38. The molecule has 0 bridgehead atoms. The summed E-state index contributed by atoms with van der Waals surface area (Å²) < 4.78 is 0. The largest absolute Gasteiger partial charge is 0.480 e. The van der Waals surface area contributed by atoms with Gasteiger partial charge in [0.25, 0.3) is 0 Å². The molecule has 1 rings (SSSR count). The molecule has 0 aliphatic carbocycles. The van der Waals surface area contributed by atoms with E-state index in [2.05, 4.69) is 10.3 Å². The van der Waals surface area contributed by atoms with Crippen LogP contribution in [-0.2, 0) is 4.79 Å². The molecule has 0 aromatic carbocycles. The van der Waals surface area contributed by atoms with Crippen molar-refractivity contribution >= 4 is 17.3 Å². The summed E-state index contributed by atoms with van der Waals surface area (Å²) in [5.74, 6) is -0.414. The van der Waals surface area contributed by atoms with Gasteiger partial charge in [-0.3, -0.25) is 10.1 Å². The Hall–Kier alpha value is -0.940. The van der Waals surface area contributed by atoms with E-state index in [0.29, 0.717) is 12.5 Å². The molecule has 1 atom stereocenters. The summed E-state index contributed by atoms with van der Waals surface area (Å²) in [6.45, 7) is 6.62. The highest BCUT2D eigenvalue weighted by atomic mass is 32.1. The summed E-state index contributed by atoms with van der Waals surface area (Å²) in [6.07, 6.45) is 0. The highest BCUT2D eigenvalue weighted by Crippen LogP contribution is 2.21. The molecule has 84 valence electrons. The summed E-state index contributed by atoms with van der Waals surface area (Å²) in [7, 11) is 0. The van der Waals surface area contributed by atoms with E-state index in [1.807, 2.05) is 20.8 Å². The predicted octanol–water partition coefficient (Wildman–Crippen LogP) is 1.82. The number of hydrogen-bond acceptors (Lipinski definition) is 4. The van der Waals surface area contributed by atoms with Gasteiger partial charge in [-0.2, -0.15) is 0 Å². The van der Waals surface area contributed by atoms with Crippen LogP contribution >= 0.6 is 11.3 Å². The standard InChI is InChI=1S/C10H16N2O2S/c1-6(2)4-11-8(10(13)14)9-7(3)12-5-15-9/h5-6,8,11H,4H2,1-3H3,(H,13,14). The van der Waals surface area contributed by atoms with Gasteiger partial charge in [-0.15, -0.1) is 11.3 Å². The second kappa shape index (κ2) is 5.23. The molecular formula is C10H16N2O2S. The van der Waals surface area contributed by atoms with Gasteiger partial charge in [-0.25, -0.2) is 4.98 Å². The first-order valence-electron chi connectivity index (χ1n) is 4.88. The second-order valence-electron chi connectivity index (χ2n) is 3.88. The molecule has 4 nitrogen and oxygen atoms in total. The van der Waals surface area contributed by atoms with Crippen LogP contribution < -0.4 is 5.32 Å². The third-order valence-electron chi connectivity index (χ3n) is 2.02. The Kier molecular flexibility index (Phi) is 4.23. The second-order valence-corrected chi connectivity index (χ2v) is 4.76. The lowest BCUT2D eigenvalue weighted by molar-refractivity contribution is -0.139. The van der Waals surface area contributed by atoms with Crippen LogP contribution in [0.5, 0.6) is 0 Å². The lowest BCUT2D eigenvalue weighted by atomic mass is 10.1. The van der Waals surface area contributed by atoms with Gasteiger partial charge in [0.1, 0.15) is 6.04 Å². The number of carboxylic acid groups (broad SMARTS) is 1. The van der Waals surface area contributed by atoms with Crippen LogP contribution in [0.2, 0.25) is 0 Å². The molecule has 15 heavy (non-hydrogen) atoms. The van der Waals surface area contributed by atoms with Crippen molar-refractivity contribution in [1.29, 1.82) is 0 Å². The smallest absolute Gasteiger partial charge is 0.326 e. The van der Waals surface area contributed by atoms with Crippen molar-refractivity contribution in [3.05, 3.63) is 16.1 Å². The third kappa shape index (κ3) is 3.28. The fraction of sp³-hybridized carbons (Fsp3) is 0.600. The zero-order valence-electron chi connectivity index (χ0n) is 9.15. The van der Waals surface area contributed by atoms with Crippen molar-refractivity contribution in [2.45, 2.75) is 26.8 Å². The Labute approximate surface area is 93.4 Å². The molecule has 0 amide bonds. The van der Waals surface area contributed by atoms with Gasteiger partial charge in [0.15, 0.2) is 0 Å². The van der Waals surface area contributed by atoms with Crippen LogP contribution in [0.15, 0.2) is 5.51 Å². The zero-order chi connectivity index (χ0) is 11.4. The van der Waals surface area contributed by atoms with E-state index in [1.165, 1.54) is 11.3 Å². The predicted molar refractivity (Wildman–Crippen MR) is 60.1 cm³/mol. The topological polar surface area (TPSA) is 62.2 Å². The van der Waals surface area contributed by atoms with Gasteiger partial charge in [-0.1, -0.05) is 13.8 Å². The van der Waals surface area contributed by atoms with Gasteiger partial charge in [0, 0.05) is 0 Å². The summed E-state index contributed by atoms with van der Waals surface area (Å²) in [5, 5.41) is 12.1. The van der Waals surface area contributed by atoms with Gasteiger partial charge in [0.2, 0.25) is 0 Å². The quantitative estimate of drug-likeness (QED) is 0.807.